The summed E-state index contributed by atoms with van der Waals surface area (Å²) < 4.78 is 5.29. The Bertz CT molecular complexity index is 971. The van der Waals surface area contributed by atoms with E-state index < -0.39 is 0 Å². The van der Waals surface area contributed by atoms with Crippen molar-refractivity contribution in [1.29, 1.82) is 0 Å². The second-order valence-corrected chi connectivity index (χ2v) is 5.06. The van der Waals surface area contributed by atoms with Crippen molar-refractivity contribution >= 4 is 16.8 Å². The highest BCUT2D eigenvalue weighted by Gasteiger charge is 2.07. The van der Waals surface area contributed by atoms with Crippen LogP contribution in [0.2, 0.25) is 0 Å². The van der Waals surface area contributed by atoms with Gasteiger partial charge in [0.05, 0.1) is 18.2 Å². The summed E-state index contributed by atoms with van der Waals surface area (Å²) in [5.41, 5.74) is 4.82. The largest absolute Gasteiger partial charge is 0.495 e. The third-order valence-corrected chi connectivity index (χ3v) is 3.52. The summed E-state index contributed by atoms with van der Waals surface area (Å²) in [4.78, 5) is 16.0. The maximum Gasteiger partial charge on any atom is 0.265 e. The van der Waals surface area contributed by atoms with Gasteiger partial charge in [0.1, 0.15) is 5.75 Å². The third kappa shape index (κ3) is 3.19. The fraction of sp³-hybridized carbons (Fsp3) is 0.0526. The molecule has 0 unspecified atom stereocenters. The Morgan fingerprint density at radius 3 is 2.79 bits per heavy atom. The van der Waals surface area contributed by atoms with E-state index in [9.17, 15) is 4.79 Å². The van der Waals surface area contributed by atoms with Crippen LogP contribution < -0.4 is 16.0 Å². The molecule has 1 aromatic heterocycles. The molecule has 0 atom stereocenters. The fourth-order valence-corrected chi connectivity index (χ4v) is 2.31. The average Bonchev–Trinajstić information content (AvgIpc) is 2.65. The molecule has 118 valence electrons. The Morgan fingerprint density at radius 2 is 2.00 bits per heavy atom. The van der Waals surface area contributed by atoms with E-state index in [1.165, 1.54) is 0 Å². The number of ether oxygens (including phenoxy) is 1. The van der Waals surface area contributed by atoms with E-state index >= 15 is 0 Å². The zero-order valence-corrected chi connectivity index (χ0v) is 13.0. The summed E-state index contributed by atoms with van der Waals surface area (Å²) in [6.07, 6.45) is 1.72. The Balaban J connectivity index is 2.00. The Hall–Kier alpha value is -3.36. The minimum absolute atomic E-state index is 0.381. The molecule has 0 spiro atoms. The van der Waals surface area contributed by atoms with Gasteiger partial charge in [0.2, 0.25) is 0 Å². The molecule has 0 radical (unpaired) electrons. The molecule has 5 nitrogen and oxygen atoms in total. The number of fused-ring (bicyclic) bond motifs is 1. The number of rotatable bonds is 2. The first-order valence-corrected chi connectivity index (χ1v) is 7.27. The van der Waals surface area contributed by atoms with Gasteiger partial charge < -0.3 is 4.74 Å². The van der Waals surface area contributed by atoms with E-state index in [0.717, 1.165) is 16.5 Å². The van der Waals surface area contributed by atoms with E-state index in [1.807, 2.05) is 30.3 Å². The maximum absolute atomic E-state index is 11.7. The van der Waals surface area contributed by atoms with Crippen molar-refractivity contribution in [3.8, 4) is 17.6 Å². The molecule has 0 bridgehead atoms. The molecule has 0 aliphatic heterocycles. The highest BCUT2D eigenvalue weighted by atomic mass is 16.5. The second kappa shape index (κ2) is 6.82. The lowest BCUT2D eigenvalue weighted by atomic mass is 10.1. The molecule has 0 saturated heterocycles. The summed E-state index contributed by atoms with van der Waals surface area (Å²) in [7, 11) is 1.56. The highest BCUT2D eigenvalue weighted by molar-refractivity contribution is 5.94. The lowest BCUT2D eigenvalue weighted by Gasteiger charge is -2.05. The summed E-state index contributed by atoms with van der Waals surface area (Å²) >= 11 is 0. The van der Waals surface area contributed by atoms with Crippen molar-refractivity contribution in [2.45, 2.75) is 0 Å². The van der Waals surface area contributed by atoms with Crippen LogP contribution in [0.4, 0.5) is 0 Å². The van der Waals surface area contributed by atoms with E-state index in [0.29, 0.717) is 16.9 Å². The smallest absolute Gasteiger partial charge is 0.265 e. The van der Waals surface area contributed by atoms with E-state index in [1.54, 1.807) is 31.5 Å². The first-order valence-electron chi connectivity index (χ1n) is 7.27. The average molecular weight is 317 g/mol. The molecule has 3 rings (SSSR count). The van der Waals surface area contributed by atoms with Gasteiger partial charge in [0, 0.05) is 22.7 Å². The minimum atomic E-state index is -0.381. The van der Waals surface area contributed by atoms with Crippen LogP contribution in [0.3, 0.4) is 0 Å². The maximum atomic E-state index is 11.7. The number of nitrogens with one attached hydrogen (secondary N) is 1. The number of hydrogen-bond donors (Lipinski definition) is 2. The molecule has 5 heteroatoms. The molecule has 0 aliphatic rings. The van der Waals surface area contributed by atoms with Crippen LogP contribution in [-0.2, 0) is 0 Å². The third-order valence-electron chi connectivity index (χ3n) is 3.52. The van der Waals surface area contributed by atoms with E-state index in [4.69, 9.17) is 10.6 Å². The molecule has 1 amide bonds. The van der Waals surface area contributed by atoms with Crippen LogP contribution in [-0.4, -0.2) is 18.0 Å². The number of carbonyl (C=O) groups is 1. The predicted molar refractivity (Wildman–Crippen MR) is 92.4 cm³/mol. The number of hydrazine groups is 1. The van der Waals surface area contributed by atoms with Crippen LogP contribution >= 0.6 is 0 Å². The number of nitrogen functional groups attached to an aromatic ring is 1. The monoisotopic (exact) mass is 317 g/mol. The first kappa shape index (κ1) is 15.5. The van der Waals surface area contributed by atoms with Crippen molar-refractivity contribution in [2.24, 2.45) is 5.84 Å². The van der Waals surface area contributed by atoms with Crippen molar-refractivity contribution in [1.82, 2.24) is 10.4 Å². The van der Waals surface area contributed by atoms with Gasteiger partial charge in [0.25, 0.3) is 5.91 Å². The number of aromatic nitrogens is 1. The standard InChI is InChI=1S/C19H15N3O2/c1-24-18-9-8-16(19(23)22-20)11-15(18)7-6-13-10-14-4-2-3-5-17(14)21-12-13/h2-5,8-12H,20H2,1H3,(H,22,23). The van der Waals surface area contributed by atoms with Crippen LogP contribution in [0.15, 0.2) is 54.7 Å². The molecule has 0 aliphatic carbocycles. The molecule has 1 heterocycles. The molecule has 3 N–H and O–H groups in total. The van der Waals surface area contributed by atoms with Crippen LogP contribution in [0, 0.1) is 11.8 Å². The first-order chi connectivity index (χ1) is 11.7. The van der Waals surface area contributed by atoms with Crippen LogP contribution in [0.25, 0.3) is 10.9 Å². The normalized spacial score (nSPS) is 9.92. The number of pyridine rings is 1. The molecule has 0 fully saturated rings. The zero-order valence-electron chi connectivity index (χ0n) is 13.0. The van der Waals surface area contributed by atoms with Crippen molar-refractivity contribution in [3.05, 3.63) is 71.4 Å². The number of hydrogen-bond acceptors (Lipinski definition) is 4. The van der Waals surface area contributed by atoms with Gasteiger partial charge in [-0.15, -0.1) is 0 Å². The van der Waals surface area contributed by atoms with Gasteiger partial charge in [-0.1, -0.05) is 30.0 Å². The molecular formula is C19H15N3O2. The number of nitrogens with zero attached hydrogens (tertiary/aromatic N) is 1. The van der Waals surface area contributed by atoms with Gasteiger partial charge in [-0.3, -0.25) is 15.2 Å². The van der Waals surface area contributed by atoms with Crippen molar-refractivity contribution in [3.63, 3.8) is 0 Å². The molecule has 0 saturated carbocycles. The van der Waals surface area contributed by atoms with Crippen LogP contribution in [0.5, 0.6) is 5.75 Å². The van der Waals surface area contributed by atoms with E-state index in [-0.39, 0.29) is 5.91 Å². The summed E-state index contributed by atoms with van der Waals surface area (Å²) in [5, 5.41) is 1.02. The SMILES string of the molecule is COc1ccc(C(=O)NN)cc1C#Cc1cnc2ccccc2c1. The lowest BCUT2D eigenvalue weighted by molar-refractivity contribution is 0.0953. The molecule has 3 aromatic rings. The minimum Gasteiger partial charge on any atom is -0.495 e. The molecule has 2 aromatic carbocycles. The Kier molecular flexibility index (Phi) is 4.41. The lowest BCUT2D eigenvalue weighted by Crippen LogP contribution is -2.29. The second-order valence-electron chi connectivity index (χ2n) is 5.06. The van der Waals surface area contributed by atoms with E-state index in [2.05, 4.69) is 22.3 Å². The highest BCUT2D eigenvalue weighted by Crippen LogP contribution is 2.19. The number of methoxy groups -OCH3 is 1. The van der Waals surface area contributed by atoms with Gasteiger partial charge in [0.15, 0.2) is 0 Å². The van der Waals surface area contributed by atoms with Crippen molar-refractivity contribution < 1.29 is 9.53 Å². The Morgan fingerprint density at radius 1 is 1.17 bits per heavy atom. The topological polar surface area (TPSA) is 77.2 Å². The number of carbonyl (C=O) groups excluding carboxylic acids is 1. The molecule has 24 heavy (non-hydrogen) atoms. The van der Waals surface area contributed by atoms with Gasteiger partial charge in [-0.25, -0.2) is 5.84 Å². The quantitative estimate of drug-likeness (QED) is 0.329. The summed E-state index contributed by atoms with van der Waals surface area (Å²) in [6, 6.07) is 14.8. The zero-order chi connectivity index (χ0) is 16.9. The molecular weight excluding hydrogens is 302 g/mol. The number of nitrogens with two attached hydrogens (primary N) is 1. The van der Waals surface area contributed by atoms with Gasteiger partial charge in [-0.2, -0.15) is 0 Å². The number of para-hydroxylation sites is 1. The van der Waals surface area contributed by atoms with Crippen LogP contribution in [0.1, 0.15) is 21.5 Å². The van der Waals surface area contributed by atoms with Gasteiger partial charge >= 0.3 is 0 Å². The summed E-state index contributed by atoms with van der Waals surface area (Å²) in [6.45, 7) is 0. The van der Waals surface area contributed by atoms with Crippen molar-refractivity contribution in [2.75, 3.05) is 7.11 Å². The predicted octanol–water partition coefficient (Wildman–Crippen LogP) is 2.25. The van der Waals surface area contributed by atoms with Gasteiger partial charge in [-0.05, 0) is 30.3 Å². The fourth-order valence-electron chi connectivity index (χ4n) is 2.31. The number of benzene rings is 2. The summed E-state index contributed by atoms with van der Waals surface area (Å²) in [5.74, 6) is 11.5. The Labute approximate surface area is 139 Å². The number of amides is 1.